The van der Waals surface area contributed by atoms with Crippen LogP contribution >= 0.6 is 31.9 Å². The lowest BCUT2D eigenvalue weighted by atomic mass is 10.3. The third-order valence-electron chi connectivity index (χ3n) is 2.54. The van der Waals surface area contributed by atoms with Gasteiger partial charge in [0.1, 0.15) is 28.3 Å². The summed E-state index contributed by atoms with van der Waals surface area (Å²) >= 11 is 6.74. The normalized spacial score (nSPS) is 10.4. The summed E-state index contributed by atoms with van der Waals surface area (Å²) in [5.41, 5.74) is 0.341. The predicted molar refractivity (Wildman–Crippen MR) is 85.9 cm³/mol. The van der Waals surface area contributed by atoms with Gasteiger partial charge in [-0.05, 0) is 50.4 Å². The van der Waals surface area contributed by atoms with Crippen LogP contribution < -0.4 is 10.6 Å². The zero-order valence-corrected chi connectivity index (χ0v) is 13.9. The highest BCUT2D eigenvalue weighted by Gasteiger charge is 2.12. The smallest absolute Gasteiger partial charge is 0.150 e. The number of rotatable bonds is 5. The molecule has 106 valence electrons. The minimum atomic E-state index is -0.354. The summed E-state index contributed by atoms with van der Waals surface area (Å²) in [5.74, 6) is 0.828. The number of nitrogens with one attached hydrogen (secondary N) is 2. The number of hydrogen-bond donors (Lipinski definition) is 2. The van der Waals surface area contributed by atoms with E-state index in [1.54, 1.807) is 12.1 Å². The summed E-state index contributed by atoms with van der Waals surface area (Å²) in [6.45, 7) is 2.87. The molecule has 0 fully saturated rings. The summed E-state index contributed by atoms with van der Waals surface area (Å²) in [6, 6.07) is 4.78. The monoisotopic (exact) mass is 402 g/mol. The van der Waals surface area contributed by atoms with Crippen LogP contribution in [0.5, 0.6) is 0 Å². The van der Waals surface area contributed by atoms with E-state index in [9.17, 15) is 4.39 Å². The Kier molecular flexibility index (Phi) is 5.31. The fourth-order valence-corrected chi connectivity index (χ4v) is 2.44. The van der Waals surface area contributed by atoms with Crippen LogP contribution in [0.2, 0.25) is 0 Å². The maximum Gasteiger partial charge on any atom is 0.150 e. The first kappa shape index (κ1) is 15.2. The first-order chi connectivity index (χ1) is 9.63. The van der Waals surface area contributed by atoms with E-state index in [1.807, 2.05) is 0 Å². The Labute approximate surface area is 133 Å². The molecule has 0 saturated heterocycles. The Hall–Kier alpha value is -1.21. The molecule has 0 saturated carbocycles. The van der Waals surface area contributed by atoms with Gasteiger partial charge in [-0.25, -0.2) is 14.4 Å². The average Bonchev–Trinajstić information content (AvgIpc) is 2.43. The lowest BCUT2D eigenvalue weighted by molar-refractivity contribution is 0.631. The molecule has 20 heavy (non-hydrogen) atoms. The molecule has 2 rings (SSSR count). The molecule has 0 aliphatic heterocycles. The Morgan fingerprint density at radius 2 is 1.95 bits per heavy atom. The van der Waals surface area contributed by atoms with Gasteiger partial charge in [0.05, 0.1) is 5.69 Å². The second kappa shape index (κ2) is 6.99. The molecule has 4 nitrogen and oxygen atoms in total. The predicted octanol–water partition coefficient (Wildman–Crippen LogP) is 4.71. The van der Waals surface area contributed by atoms with Gasteiger partial charge in [-0.15, -0.1) is 0 Å². The molecule has 1 aromatic heterocycles. The van der Waals surface area contributed by atoms with E-state index in [1.165, 1.54) is 12.4 Å². The number of nitrogens with zero attached hydrogens (tertiary/aromatic N) is 2. The van der Waals surface area contributed by atoms with Crippen LogP contribution in [0.25, 0.3) is 0 Å². The van der Waals surface area contributed by atoms with E-state index < -0.39 is 0 Å². The highest BCUT2D eigenvalue weighted by Crippen LogP contribution is 2.33. The molecule has 1 aromatic carbocycles. The minimum absolute atomic E-state index is 0.341. The van der Waals surface area contributed by atoms with Crippen LogP contribution in [0.4, 0.5) is 21.7 Å². The maximum atomic E-state index is 13.8. The Balaban J connectivity index is 2.30. The summed E-state index contributed by atoms with van der Waals surface area (Å²) in [7, 11) is 0. The second-order valence-corrected chi connectivity index (χ2v) is 5.68. The zero-order valence-electron chi connectivity index (χ0n) is 10.8. The summed E-state index contributed by atoms with van der Waals surface area (Å²) in [4.78, 5) is 8.28. The first-order valence-corrected chi connectivity index (χ1v) is 7.67. The van der Waals surface area contributed by atoms with E-state index in [0.717, 1.165) is 13.0 Å². The van der Waals surface area contributed by atoms with Gasteiger partial charge in [0.15, 0.2) is 0 Å². The molecular weight excluding hydrogens is 391 g/mol. The molecule has 0 bridgehead atoms. The lowest BCUT2D eigenvalue weighted by Crippen LogP contribution is -2.06. The van der Waals surface area contributed by atoms with Crippen molar-refractivity contribution in [2.24, 2.45) is 0 Å². The topological polar surface area (TPSA) is 49.8 Å². The van der Waals surface area contributed by atoms with Crippen LogP contribution in [0.3, 0.4) is 0 Å². The van der Waals surface area contributed by atoms with Gasteiger partial charge in [0.25, 0.3) is 0 Å². The SMILES string of the molecule is CCCNc1ncnc(Nc2c(F)cccc2Br)c1Br. The van der Waals surface area contributed by atoms with Crippen molar-refractivity contribution in [3.8, 4) is 0 Å². The molecule has 0 atom stereocenters. The summed E-state index contributed by atoms with van der Waals surface area (Å²) in [6.07, 6.45) is 2.41. The van der Waals surface area contributed by atoms with Crippen LogP contribution in [-0.4, -0.2) is 16.5 Å². The van der Waals surface area contributed by atoms with Crippen molar-refractivity contribution >= 4 is 49.2 Å². The Morgan fingerprint density at radius 1 is 1.20 bits per heavy atom. The van der Waals surface area contributed by atoms with Gasteiger partial charge in [-0.3, -0.25) is 0 Å². The van der Waals surface area contributed by atoms with E-state index in [0.29, 0.717) is 26.3 Å². The van der Waals surface area contributed by atoms with Gasteiger partial charge in [0.2, 0.25) is 0 Å². The van der Waals surface area contributed by atoms with Crippen molar-refractivity contribution in [1.82, 2.24) is 9.97 Å². The summed E-state index contributed by atoms with van der Waals surface area (Å²) < 4.78 is 15.1. The molecule has 0 spiro atoms. The number of aromatic nitrogens is 2. The molecule has 7 heteroatoms. The van der Waals surface area contributed by atoms with Crippen molar-refractivity contribution in [2.45, 2.75) is 13.3 Å². The second-order valence-electron chi connectivity index (χ2n) is 4.03. The van der Waals surface area contributed by atoms with Gasteiger partial charge < -0.3 is 10.6 Å². The summed E-state index contributed by atoms with van der Waals surface area (Å²) in [5, 5.41) is 6.14. The average molecular weight is 404 g/mol. The van der Waals surface area contributed by atoms with Crippen molar-refractivity contribution in [1.29, 1.82) is 0 Å². The number of anilines is 3. The number of benzene rings is 1. The van der Waals surface area contributed by atoms with Crippen LogP contribution in [0.1, 0.15) is 13.3 Å². The quantitative estimate of drug-likeness (QED) is 0.759. The third kappa shape index (κ3) is 3.46. The molecule has 2 aromatic rings. The van der Waals surface area contributed by atoms with E-state index in [-0.39, 0.29) is 5.82 Å². The maximum absolute atomic E-state index is 13.8. The van der Waals surface area contributed by atoms with E-state index in [4.69, 9.17) is 0 Å². The van der Waals surface area contributed by atoms with Crippen LogP contribution in [0.15, 0.2) is 33.5 Å². The van der Waals surface area contributed by atoms with Crippen LogP contribution in [0, 0.1) is 5.82 Å². The molecule has 0 aliphatic rings. The molecule has 1 heterocycles. The molecule has 2 N–H and O–H groups in total. The number of hydrogen-bond acceptors (Lipinski definition) is 4. The molecule has 0 amide bonds. The van der Waals surface area contributed by atoms with E-state index >= 15 is 0 Å². The van der Waals surface area contributed by atoms with E-state index in [2.05, 4.69) is 59.4 Å². The van der Waals surface area contributed by atoms with Crippen molar-refractivity contribution in [3.63, 3.8) is 0 Å². The molecule has 0 unspecified atom stereocenters. The first-order valence-electron chi connectivity index (χ1n) is 6.09. The lowest BCUT2D eigenvalue weighted by Gasteiger charge is -2.12. The number of para-hydroxylation sites is 1. The fraction of sp³-hybridized carbons (Fsp3) is 0.231. The fourth-order valence-electron chi connectivity index (χ4n) is 1.56. The van der Waals surface area contributed by atoms with Crippen molar-refractivity contribution in [2.75, 3.05) is 17.2 Å². The minimum Gasteiger partial charge on any atom is -0.369 e. The largest absolute Gasteiger partial charge is 0.369 e. The number of halogens is 3. The van der Waals surface area contributed by atoms with Gasteiger partial charge in [-0.2, -0.15) is 0 Å². The molecular formula is C13H13Br2FN4. The standard InChI is InChI=1S/C13H13Br2FN4/c1-2-6-17-12-10(15)13(19-7-18-12)20-11-8(14)4-3-5-9(11)16/h3-5,7H,2,6H2,1H3,(H2,17,18,19,20). The van der Waals surface area contributed by atoms with Crippen molar-refractivity contribution < 1.29 is 4.39 Å². The van der Waals surface area contributed by atoms with Gasteiger partial charge in [0, 0.05) is 11.0 Å². The van der Waals surface area contributed by atoms with Crippen LogP contribution in [-0.2, 0) is 0 Å². The molecule has 0 radical (unpaired) electrons. The Morgan fingerprint density at radius 3 is 2.65 bits per heavy atom. The highest BCUT2D eigenvalue weighted by molar-refractivity contribution is 9.11. The zero-order chi connectivity index (χ0) is 14.5. The van der Waals surface area contributed by atoms with Gasteiger partial charge >= 0.3 is 0 Å². The Bertz CT molecular complexity index is 587. The van der Waals surface area contributed by atoms with Crippen molar-refractivity contribution in [3.05, 3.63) is 39.3 Å². The molecule has 0 aliphatic carbocycles. The third-order valence-corrected chi connectivity index (χ3v) is 3.95. The highest BCUT2D eigenvalue weighted by atomic mass is 79.9. The van der Waals surface area contributed by atoms with Gasteiger partial charge in [-0.1, -0.05) is 13.0 Å².